The van der Waals surface area contributed by atoms with Gasteiger partial charge < -0.3 is 15.7 Å². The number of carboxylic acids is 1. The van der Waals surface area contributed by atoms with Crippen molar-refractivity contribution in [2.75, 3.05) is 5.32 Å². The van der Waals surface area contributed by atoms with E-state index >= 15 is 0 Å². The summed E-state index contributed by atoms with van der Waals surface area (Å²) < 4.78 is 1.08. The lowest BCUT2D eigenvalue weighted by atomic mass is 10.0. The second-order valence-corrected chi connectivity index (χ2v) is 7.91. The third-order valence-corrected chi connectivity index (χ3v) is 5.55. The Morgan fingerprint density at radius 2 is 2.15 bits per heavy atom. The van der Waals surface area contributed by atoms with Gasteiger partial charge in [-0.1, -0.05) is 30.7 Å². The van der Waals surface area contributed by atoms with E-state index in [0.717, 1.165) is 32.9 Å². The Labute approximate surface area is 171 Å². The average molecular weight is 420 g/mol. The van der Waals surface area contributed by atoms with Gasteiger partial charge in [0.2, 0.25) is 0 Å². The highest BCUT2D eigenvalue weighted by molar-refractivity contribution is 7.80. The fourth-order valence-electron chi connectivity index (χ4n) is 2.68. The van der Waals surface area contributed by atoms with Crippen molar-refractivity contribution >= 4 is 62.1 Å². The molecule has 0 saturated heterocycles. The molecule has 5 nitrogen and oxygen atoms in total. The summed E-state index contributed by atoms with van der Waals surface area (Å²) in [6, 6.07) is 12.4. The van der Waals surface area contributed by atoms with E-state index in [9.17, 15) is 9.90 Å². The molecule has 3 rings (SSSR count). The minimum atomic E-state index is -0.923. The van der Waals surface area contributed by atoms with Crippen LogP contribution in [0.1, 0.15) is 30.0 Å². The first-order valence-corrected chi connectivity index (χ1v) is 9.99. The zero-order valence-electron chi connectivity index (χ0n) is 14.5. The molecule has 1 aromatic heterocycles. The largest absolute Gasteiger partial charge is 0.481 e. The first kappa shape index (κ1) is 19.5. The van der Waals surface area contributed by atoms with Gasteiger partial charge in [0.15, 0.2) is 5.11 Å². The summed E-state index contributed by atoms with van der Waals surface area (Å²) >= 11 is 13.1. The standard InChI is InChI=1S/C19H18ClN3O2S2/c1-2-17-22-14-7-6-13(9-16(14)27-17)21-19(26)23-15(10-18(24)25)11-4-3-5-12(20)8-11/h3-9,15H,2,10H2,1H3,(H,24,25)(H2,21,23,26). The van der Waals surface area contributed by atoms with E-state index in [2.05, 4.69) is 22.5 Å². The fraction of sp³-hybridized carbons (Fsp3) is 0.211. The maximum atomic E-state index is 11.2. The molecule has 0 aliphatic heterocycles. The monoisotopic (exact) mass is 419 g/mol. The number of halogens is 1. The molecule has 8 heteroatoms. The zero-order chi connectivity index (χ0) is 19.4. The summed E-state index contributed by atoms with van der Waals surface area (Å²) in [6.45, 7) is 2.08. The number of aromatic nitrogens is 1. The van der Waals surface area contributed by atoms with Crippen LogP contribution in [0.5, 0.6) is 0 Å². The van der Waals surface area contributed by atoms with Crippen molar-refractivity contribution in [2.45, 2.75) is 25.8 Å². The van der Waals surface area contributed by atoms with Gasteiger partial charge >= 0.3 is 5.97 Å². The number of aryl methyl sites for hydroxylation is 1. The highest BCUT2D eigenvalue weighted by Crippen LogP contribution is 2.26. The minimum absolute atomic E-state index is 0.115. The highest BCUT2D eigenvalue weighted by Gasteiger charge is 2.17. The van der Waals surface area contributed by atoms with E-state index in [-0.39, 0.29) is 6.42 Å². The normalized spacial score (nSPS) is 11.9. The molecule has 2 aromatic carbocycles. The van der Waals surface area contributed by atoms with E-state index in [1.165, 1.54) is 0 Å². The number of fused-ring (bicyclic) bond motifs is 1. The number of nitrogens with zero attached hydrogens (tertiary/aromatic N) is 1. The van der Waals surface area contributed by atoms with Crippen molar-refractivity contribution < 1.29 is 9.90 Å². The van der Waals surface area contributed by atoms with Gasteiger partial charge in [-0.2, -0.15) is 0 Å². The molecule has 0 radical (unpaired) electrons. The molecular weight excluding hydrogens is 402 g/mol. The van der Waals surface area contributed by atoms with Crippen LogP contribution < -0.4 is 10.6 Å². The van der Waals surface area contributed by atoms with Gasteiger partial charge in [-0.05, 0) is 54.5 Å². The van der Waals surface area contributed by atoms with E-state index < -0.39 is 12.0 Å². The minimum Gasteiger partial charge on any atom is -0.481 e. The molecule has 3 aromatic rings. The van der Waals surface area contributed by atoms with Crippen LogP contribution in [-0.4, -0.2) is 21.2 Å². The number of aliphatic carboxylic acids is 1. The molecule has 1 unspecified atom stereocenters. The summed E-state index contributed by atoms with van der Waals surface area (Å²) in [7, 11) is 0. The Kier molecular flexibility index (Phi) is 6.26. The molecule has 3 N–H and O–H groups in total. The molecule has 0 saturated carbocycles. The molecule has 140 valence electrons. The summed E-state index contributed by atoms with van der Waals surface area (Å²) in [4.78, 5) is 15.8. The van der Waals surface area contributed by atoms with E-state index in [1.807, 2.05) is 24.3 Å². The maximum absolute atomic E-state index is 11.2. The molecule has 0 fully saturated rings. The van der Waals surface area contributed by atoms with E-state index in [0.29, 0.717) is 10.1 Å². The van der Waals surface area contributed by atoms with Crippen LogP contribution in [0.3, 0.4) is 0 Å². The molecule has 0 amide bonds. The molecule has 0 bridgehead atoms. The first-order valence-electron chi connectivity index (χ1n) is 8.39. The van der Waals surface area contributed by atoms with Crippen LogP contribution >= 0.6 is 35.2 Å². The Bertz CT molecular complexity index is 990. The lowest BCUT2D eigenvalue weighted by molar-refractivity contribution is -0.137. The number of carbonyl (C=O) groups is 1. The average Bonchev–Trinajstić information content (AvgIpc) is 3.03. The van der Waals surface area contributed by atoms with Crippen LogP contribution in [0.25, 0.3) is 10.2 Å². The molecule has 1 atom stereocenters. The second kappa shape index (κ2) is 8.65. The summed E-state index contributed by atoms with van der Waals surface area (Å²) in [6.07, 6.45) is 0.786. The number of rotatable bonds is 6. The van der Waals surface area contributed by atoms with Gasteiger partial charge in [-0.25, -0.2) is 4.98 Å². The predicted molar refractivity (Wildman–Crippen MR) is 115 cm³/mol. The van der Waals surface area contributed by atoms with Crippen LogP contribution in [0.15, 0.2) is 42.5 Å². The number of benzene rings is 2. The smallest absolute Gasteiger partial charge is 0.305 e. The molecular formula is C19H18ClN3O2S2. The number of anilines is 1. The van der Waals surface area contributed by atoms with Gasteiger partial charge in [0, 0.05) is 10.7 Å². The van der Waals surface area contributed by atoms with E-state index in [1.54, 1.807) is 29.5 Å². The number of thiazole rings is 1. The molecule has 0 spiro atoms. The third kappa shape index (κ3) is 5.15. The third-order valence-electron chi connectivity index (χ3n) is 3.93. The number of hydrogen-bond donors (Lipinski definition) is 3. The number of nitrogens with one attached hydrogen (secondary N) is 2. The van der Waals surface area contributed by atoms with Gasteiger partial charge in [-0.3, -0.25) is 4.79 Å². The van der Waals surface area contributed by atoms with Crippen molar-refractivity contribution in [3.63, 3.8) is 0 Å². The lowest BCUT2D eigenvalue weighted by Crippen LogP contribution is -2.33. The zero-order valence-corrected chi connectivity index (χ0v) is 16.9. The Morgan fingerprint density at radius 3 is 2.85 bits per heavy atom. The van der Waals surface area contributed by atoms with Crippen molar-refractivity contribution in [1.29, 1.82) is 0 Å². The van der Waals surface area contributed by atoms with Crippen molar-refractivity contribution in [1.82, 2.24) is 10.3 Å². The predicted octanol–water partition coefficient (Wildman–Crippen LogP) is 5.01. The van der Waals surface area contributed by atoms with Gasteiger partial charge in [-0.15, -0.1) is 11.3 Å². The van der Waals surface area contributed by atoms with Gasteiger partial charge in [0.25, 0.3) is 0 Å². The highest BCUT2D eigenvalue weighted by atomic mass is 35.5. The maximum Gasteiger partial charge on any atom is 0.305 e. The molecule has 0 aliphatic rings. The first-order chi connectivity index (χ1) is 12.9. The Balaban J connectivity index is 1.74. The topological polar surface area (TPSA) is 74.2 Å². The quantitative estimate of drug-likeness (QED) is 0.487. The Morgan fingerprint density at radius 1 is 1.33 bits per heavy atom. The van der Waals surface area contributed by atoms with Crippen LogP contribution in [-0.2, 0) is 11.2 Å². The second-order valence-electron chi connectivity index (χ2n) is 5.95. The summed E-state index contributed by atoms with van der Waals surface area (Å²) in [5.74, 6) is -0.923. The molecule has 27 heavy (non-hydrogen) atoms. The van der Waals surface area contributed by atoms with Gasteiger partial charge in [0.1, 0.15) is 0 Å². The summed E-state index contributed by atoms with van der Waals surface area (Å²) in [5, 5.41) is 17.4. The number of carboxylic acid groups (broad SMARTS) is 1. The lowest BCUT2D eigenvalue weighted by Gasteiger charge is -2.20. The van der Waals surface area contributed by atoms with Crippen molar-refractivity contribution in [3.8, 4) is 0 Å². The number of hydrogen-bond acceptors (Lipinski definition) is 4. The molecule has 0 aliphatic carbocycles. The van der Waals surface area contributed by atoms with E-state index in [4.69, 9.17) is 23.8 Å². The molecule has 1 heterocycles. The number of thiocarbonyl (C=S) groups is 1. The van der Waals surface area contributed by atoms with Crippen molar-refractivity contribution in [3.05, 3.63) is 58.1 Å². The van der Waals surface area contributed by atoms with Crippen LogP contribution in [0.2, 0.25) is 5.02 Å². The van der Waals surface area contributed by atoms with Gasteiger partial charge in [0.05, 0.1) is 27.7 Å². The van der Waals surface area contributed by atoms with Crippen molar-refractivity contribution in [2.24, 2.45) is 0 Å². The summed E-state index contributed by atoms with van der Waals surface area (Å²) in [5.41, 5.74) is 2.55. The fourth-order valence-corrected chi connectivity index (χ4v) is 4.08. The van der Waals surface area contributed by atoms with Crippen LogP contribution in [0, 0.1) is 0 Å². The van der Waals surface area contributed by atoms with Crippen LogP contribution in [0.4, 0.5) is 5.69 Å². The SMILES string of the molecule is CCc1nc2ccc(NC(=S)NC(CC(=O)O)c3cccc(Cl)c3)cc2s1. The Hall–Kier alpha value is -2.22.